The van der Waals surface area contributed by atoms with Gasteiger partial charge in [0.15, 0.2) is 11.5 Å². The van der Waals surface area contributed by atoms with Gasteiger partial charge in [-0.25, -0.2) is 0 Å². The van der Waals surface area contributed by atoms with E-state index in [-0.39, 0.29) is 25.2 Å². The molecule has 0 saturated carbocycles. The highest BCUT2D eigenvalue weighted by atomic mass is 79.9. The molecular weight excluding hydrogens is 446 g/mol. The molecule has 0 radical (unpaired) electrons. The Labute approximate surface area is 181 Å². The first-order chi connectivity index (χ1) is 14.6. The third-order valence-corrected chi connectivity index (χ3v) is 5.66. The summed E-state index contributed by atoms with van der Waals surface area (Å²) in [5.41, 5.74) is 3.34. The van der Waals surface area contributed by atoms with Gasteiger partial charge in [0.05, 0.1) is 6.54 Å². The number of hydrogen-bond donors (Lipinski definition) is 0. The third-order valence-electron chi connectivity index (χ3n) is 5.13. The molecule has 5 nitrogen and oxygen atoms in total. The molecule has 30 heavy (non-hydrogen) atoms. The van der Waals surface area contributed by atoms with Gasteiger partial charge in [-0.1, -0.05) is 52.3 Å². The Morgan fingerprint density at radius 1 is 0.867 bits per heavy atom. The maximum absolute atomic E-state index is 13.4. The molecule has 0 fully saturated rings. The summed E-state index contributed by atoms with van der Waals surface area (Å²) >= 11 is 3.42. The van der Waals surface area contributed by atoms with E-state index in [1.165, 1.54) is 4.90 Å². The molecule has 2 heterocycles. The molecule has 0 N–H and O–H groups in total. The summed E-state index contributed by atoms with van der Waals surface area (Å²) in [6, 6.07) is 20.3. The normalized spacial score (nSPS) is 16.2. The van der Waals surface area contributed by atoms with Crippen LogP contribution in [0.25, 0.3) is 11.6 Å². The van der Waals surface area contributed by atoms with E-state index in [1.54, 1.807) is 12.1 Å². The molecular formula is C24H16BrNO4. The highest BCUT2D eigenvalue weighted by Gasteiger charge is 2.34. The molecule has 148 valence electrons. The van der Waals surface area contributed by atoms with E-state index < -0.39 is 0 Å². The van der Waals surface area contributed by atoms with Crippen LogP contribution in [0.2, 0.25) is 0 Å². The number of imide groups is 1. The first-order valence-electron chi connectivity index (χ1n) is 9.41. The molecule has 3 aromatic rings. The predicted molar refractivity (Wildman–Crippen MR) is 116 cm³/mol. The quantitative estimate of drug-likeness (QED) is 0.411. The van der Waals surface area contributed by atoms with Gasteiger partial charge in [-0.05, 0) is 53.1 Å². The van der Waals surface area contributed by atoms with Crippen molar-refractivity contribution < 1.29 is 19.1 Å². The van der Waals surface area contributed by atoms with Gasteiger partial charge in [-0.2, -0.15) is 0 Å². The zero-order chi connectivity index (χ0) is 20.7. The fraction of sp³-hybridized carbons (Fsp3) is 0.0833. The van der Waals surface area contributed by atoms with E-state index >= 15 is 0 Å². The Balaban J connectivity index is 1.55. The third kappa shape index (κ3) is 3.29. The summed E-state index contributed by atoms with van der Waals surface area (Å²) in [5.74, 6) is 0.659. The van der Waals surface area contributed by atoms with Gasteiger partial charge in [-0.15, -0.1) is 0 Å². The van der Waals surface area contributed by atoms with E-state index in [4.69, 9.17) is 9.47 Å². The van der Waals surface area contributed by atoms with E-state index in [0.29, 0.717) is 28.2 Å². The number of rotatable bonds is 3. The fourth-order valence-corrected chi connectivity index (χ4v) is 3.90. The fourth-order valence-electron chi connectivity index (χ4n) is 3.63. The van der Waals surface area contributed by atoms with Gasteiger partial charge in [0.2, 0.25) is 6.79 Å². The SMILES string of the molecule is O=C1/C(=C/c2ccc(Br)cc2)c2ccccc2C(=O)N1Cc1ccc2c(c1)OCO2. The van der Waals surface area contributed by atoms with Crippen LogP contribution >= 0.6 is 15.9 Å². The molecule has 2 aliphatic heterocycles. The predicted octanol–water partition coefficient (Wildman–Crippen LogP) is 4.90. The number of ether oxygens (including phenoxy) is 2. The second-order valence-corrected chi connectivity index (χ2v) is 7.95. The average Bonchev–Trinajstić information content (AvgIpc) is 3.23. The second-order valence-electron chi connectivity index (χ2n) is 7.04. The Bertz CT molecular complexity index is 1200. The van der Waals surface area contributed by atoms with Gasteiger partial charge in [0.1, 0.15) is 0 Å². The van der Waals surface area contributed by atoms with Gasteiger partial charge >= 0.3 is 0 Å². The topological polar surface area (TPSA) is 55.8 Å². The smallest absolute Gasteiger partial charge is 0.261 e. The molecule has 2 aliphatic rings. The van der Waals surface area contributed by atoms with Gasteiger partial charge in [0, 0.05) is 15.6 Å². The van der Waals surface area contributed by atoms with Crippen LogP contribution in [0.3, 0.4) is 0 Å². The Kier molecular flexibility index (Phi) is 4.64. The number of carbonyl (C=O) groups excluding carboxylic acids is 2. The van der Waals surface area contributed by atoms with Crippen molar-refractivity contribution in [2.24, 2.45) is 0 Å². The minimum absolute atomic E-state index is 0.153. The Morgan fingerprint density at radius 2 is 1.60 bits per heavy atom. The number of fused-ring (bicyclic) bond motifs is 2. The molecule has 3 aromatic carbocycles. The Morgan fingerprint density at radius 3 is 2.40 bits per heavy atom. The van der Waals surface area contributed by atoms with Crippen molar-refractivity contribution >= 4 is 39.4 Å². The molecule has 2 amide bonds. The molecule has 0 atom stereocenters. The number of halogens is 1. The van der Waals surface area contributed by atoms with Crippen molar-refractivity contribution in [2.45, 2.75) is 6.54 Å². The minimum atomic E-state index is -0.320. The van der Waals surface area contributed by atoms with Crippen LogP contribution < -0.4 is 9.47 Å². The van der Waals surface area contributed by atoms with Crippen molar-refractivity contribution in [3.05, 3.63) is 93.5 Å². The summed E-state index contributed by atoms with van der Waals surface area (Å²) in [6.07, 6.45) is 1.83. The number of hydrogen-bond acceptors (Lipinski definition) is 4. The lowest BCUT2D eigenvalue weighted by molar-refractivity contribution is -0.123. The van der Waals surface area contributed by atoms with Crippen molar-refractivity contribution in [3.8, 4) is 11.5 Å². The number of benzene rings is 3. The van der Waals surface area contributed by atoms with Crippen molar-refractivity contribution in [1.82, 2.24) is 4.90 Å². The summed E-state index contributed by atoms with van der Waals surface area (Å²) in [7, 11) is 0. The standard InChI is InChI=1S/C24H16BrNO4/c25-17-8-5-15(6-9-17)11-20-18-3-1-2-4-19(18)23(27)26(24(20)28)13-16-7-10-21-22(12-16)30-14-29-21/h1-12H,13-14H2/b20-11+. The van der Waals surface area contributed by atoms with E-state index in [2.05, 4.69) is 15.9 Å². The van der Waals surface area contributed by atoms with Gasteiger partial charge in [-0.3, -0.25) is 14.5 Å². The number of nitrogens with zero attached hydrogens (tertiary/aromatic N) is 1. The molecule has 0 unspecified atom stereocenters. The lowest BCUT2D eigenvalue weighted by Crippen LogP contribution is -2.41. The average molecular weight is 462 g/mol. The molecule has 6 heteroatoms. The van der Waals surface area contributed by atoms with Gasteiger partial charge in [0.25, 0.3) is 11.8 Å². The molecule has 0 bridgehead atoms. The zero-order valence-corrected chi connectivity index (χ0v) is 17.4. The maximum Gasteiger partial charge on any atom is 0.261 e. The Hall–Kier alpha value is -3.38. The molecule has 0 spiro atoms. The molecule has 0 aliphatic carbocycles. The number of amides is 2. The van der Waals surface area contributed by atoms with Crippen LogP contribution in [0, 0.1) is 0 Å². The maximum atomic E-state index is 13.4. The highest BCUT2D eigenvalue weighted by Crippen LogP contribution is 2.35. The van der Waals surface area contributed by atoms with Crippen LogP contribution in [0.5, 0.6) is 11.5 Å². The van der Waals surface area contributed by atoms with Gasteiger partial charge < -0.3 is 9.47 Å². The molecule has 0 saturated heterocycles. The summed E-state index contributed by atoms with van der Waals surface area (Å²) in [6.45, 7) is 0.328. The summed E-state index contributed by atoms with van der Waals surface area (Å²) in [5, 5.41) is 0. The van der Waals surface area contributed by atoms with Crippen LogP contribution in [0.15, 0.2) is 71.2 Å². The van der Waals surface area contributed by atoms with E-state index in [1.807, 2.05) is 60.7 Å². The van der Waals surface area contributed by atoms with Crippen LogP contribution in [0.1, 0.15) is 27.0 Å². The van der Waals surface area contributed by atoms with Crippen LogP contribution in [-0.4, -0.2) is 23.5 Å². The van der Waals surface area contributed by atoms with Crippen LogP contribution in [0.4, 0.5) is 0 Å². The molecule has 5 rings (SSSR count). The monoisotopic (exact) mass is 461 g/mol. The first-order valence-corrected chi connectivity index (χ1v) is 10.2. The lowest BCUT2D eigenvalue weighted by Gasteiger charge is -2.28. The van der Waals surface area contributed by atoms with Crippen molar-refractivity contribution in [1.29, 1.82) is 0 Å². The zero-order valence-electron chi connectivity index (χ0n) is 15.8. The largest absolute Gasteiger partial charge is 0.454 e. The highest BCUT2D eigenvalue weighted by molar-refractivity contribution is 9.10. The first kappa shape index (κ1) is 18.6. The van der Waals surface area contributed by atoms with E-state index in [9.17, 15) is 9.59 Å². The van der Waals surface area contributed by atoms with Crippen molar-refractivity contribution in [2.75, 3.05) is 6.79 Å². The minimum Gasteiger partial charge on any atom is -0.454 e. The second kappa shape index (κ2) is 7.46. The van der Waals surface area contributed by atoms with E-state index in [0.717, 1.165) is 15.6 Å². The number of carbonyl (C=O) groups is 2. The van der Waals surface area contributed by atoms with Crippen molar-refractivity contribution in [3.63, 3.8) is 0 Å². The summed E-state index contributed by atoms with van der Waals surface area (Å²) in [4.78, 5) is 27.8. The summed E-state index contributed by atoms with van der Waals surface area (Å²) < 4.78 is 11.7. The molecule has 0 aromatic heterocycles. The lowest BCUT2D eigenvalue weighted by atomic mass is 9.91. The van der Waals surface area contributed by atoms with Crippen LogP contribution in [-0.2, 0) is 11.3 Å².